The molecule has 0 saturated heterocycles. The van der Waals surface area contributed by atoms with Gasteiger partial charge in [-0.05, 0) is 13.3 Å². The summed E-state index contributed by atoms with van der Waals surface area (Å²) in [6.07, 6.45) is -0.916. The van der Waals surface area contributed by atoms with Crippen LogP contribution >= 0.6 is 0 Å². The smallest absolute Gasteiger partial charge is 0.255 e. The van der Waals surface area contributed by atoms with Gasteiger partial charge in [-0.1, -0.05) is 19.0 Å². The second-order valence-electron chi connectivity index (χ2n) is 4.21. The van der Waals surface area contributed by atoms with Gasteiger partial charge in [-0.25, -0.2) is 13.8 Å². The first kappa shape index (κ1) is 16.4. The van der Waals surface area contributed by atoms with Crippen molar-refractivity contribution in [3.63, 3.8) is 0 Å². The largest absolute Gasteiger partial charge is 0.361 e. The van der Waals surface area contributed by atoms with Gasteiger partial charge in [0.05, 0.1) is 18.8 Å². The number of nitrogens with one attached hydrogen (secondary N) is 2. The monoisotopic (exact) mass is 288 g/mol. The summed E-state index contributed by atoms with van der Waals surface area (Å²) in [6.45, 7) is 6.41. The normalized spacial score (nSPS) is 12.0. The van der Waals surface area contributed by atoms with Crippen LogP contribution in [0.15, 0.2) is 9.52 Å². The summed E-state index contributed by atoms with van der Waals surface area (Å²) < 4.78 is 29.7. The van der Waals surface area contributed by atoms with Gasteiger partial charge in [0.2, 0.25) is 0 Å². The third kappa shape index (κ3) is 4.79. The van der Waals surface area contributed by atoms with E-state index in [2.05, 4.69) is 20.8 Å². The number of halogens is 2. The maximum absolute atomic E-state index is 12.2. The Hall–Kier alpha value is -1.66. The highest BCUT2D eigenvalue weighted by Gasteiger charge is 2.13. The Kier molecular flexibility index (Phi) is 6.97. The van der Waals surface area contributed by atoms with Gasteiger partial charge >= 0.3 is 0 Å². The Morgan fingerprint density at radius 1 is 1.25 bits per heavy atom. The number of hydrogen-bond donors (Lipinski definition) is 2. The van der Waals surface area contributed by atoms with Gasteiger partial charge < -0.3 is 15.2 Å². The van der Waals surface area contributed by atoms with E-state index in [0.29, 0.717) is 19.0 Å². The number of aliphatic imine (C=N–C) groups is 1. The number of rotatable bonds is 7. The second kappa shape index (κ2) is 8.50. The molecular formula is C13H22F2N4O. The first-order valence-electron chi connectivity index (χ1n) is 6.88. The molecule has 0 radical (unpaired) electrons. The quantitative estimate of drug-likeness (QED) is 0.596. The van der Waals surface area contributed by atoms with Crippen LogP contribution in [0.1, 0.15) is 37.8 Å². The predicted molar refractivity (Wildman–Crippen MR) is 74.1 cm³/mol. The highest BCUT2D eigenvalue weighted by atomic mass is 19.3. The van der Waals surface area contributed by atoms with Crippen LogP contribution in [0.5, 0.6) is 0 Å². The van der Waals surface area contributed by atoms with Crippen LogP contribution in [-0.4, -0.2) is 30.6 Å². The van der Waals surface area contributed by atoms with Crippen molar-refractivity contribution in [2.75, 3.05) is 13.1 Å². The van der Waals surface area contributed by atoms with E-state index >= 15 is 0 Å². The molecule has 7 heteroatoms. The molecule has 2 N–H and O–H groups in total. The highest BCUT2D eigenvalue weighted by Crippen LogP contribution is 2.16. The fourth-order valence-corrected chi connectivity index (χ4v) is 1.79. The van der Waals surface area contributed by atoms with E-state index in [-0.39, 0.29) is 0 Å². The molecule has 0 aliphatic heterocycles. The van der Waals surface area contributed by atoms with Gasteiger partial charge in [0, 0.05) is 18.5 Å². The summed E-state index contributed by atoms with van der Waals surface area (Å²) in [4.78, 5) is 4.31. The van der Waals surface area contributed by atoms with Crippen molar-refractivity contribution in [1.29, 1.82) is 0 Å². The molecular weight excluding hydrogens is 266 g/mol. The lowest BCUT2D eigenvalue weighted by molar-refractivity contribution is 0.152. The molecule has 1 aromatic heterocycles. The van der Waals surface area contributed by atoms with E-state index in [1.165, 1.54) is 0 Å². The van der Waals surface area contributed by atoms with Crippen molar-refractivity contribution in [2.45, 2.75) is 46.6 Å². The average Bonchev–Trinajstić information content (AvgIpc) is 2.83. The van der Waals surface area contributed by atoms with Crippen molar-refractivity contribution < 1.29 is 13.3 Å². The lowest BCUT2D eigenvalue weighted by Gasteiger charge is -2.10. The van der Waals surface area contributed by atoms with Crippen molar-refractivity contribution in [3.8, 4) is 0 Å². The van der Waals surface area contributed by atoms with Crippen molar-refractivity contribution in [3.05, 3.63) is 17.0 Å². The zero-order valence-corrected chi connectivity index (χ0v) is 12.2. The van der Waals surface area contributed by atoms with E-state index in [1.54, 1.807) is 0 Å². The number of alkyl halides is 2. The lowest BCUT2D eigenvalue weighted by atomic mass is 10.1. The maximum atomic E-state index is 12.2. The molecule has 0 aliphatic rings. The van der Waals surface area contributed by atoms with E-state index in [1.807, 2.05) is 20.8 Å². The van der Waals surface area contributed by atoms with Crippen molar-refractivity contribution in [1.82, 2.24) is 15.8 Å². The van der Waals surface area contributed by atoms with Crippen LogP contribution in [-0.2, 0) is 19.4 Å². The first-order valence-corrected chi connectivity index (χ1v) is 6.88. The average molecular weight is 288 g/mol. The number of guanidine groups is 1. The van der Waals surface area contributed by atoms with Crippen LogP contribution < -0.4 is 10.6 Å². The molecule has 0 atom stereocenters. The number of aromatic nitrogens is 1. The molecule has 20 heavy (non-hydrogen) atoms. The van der Waals surface area contributed by atoms with Crippen molar-refractivity contribution >= 4 is 5.96 Å². The van der Waals surface area contributed by atoms with Crippen LogP contribution in [0, 0.1) is 0 Å². The molecule has 0 spiro atoms. The zero-order valence-electron chi connectivity index (χ0n) is 12.2. The number of aryl methyl sites for hydroxylation is 2. The molecule has 0 saturated carbocycles. The van der Waals surface area contributed by atoms with E-state index in [9.17, 15) is 8.78 Å². The summed E-state index contributed by atoms with van der Waals surface area (Å²) in [6, 6.07) is 0. The van der Waals surface area contributed by atoms with E-state index < -0.39 is 13.0 Å². The Morgan fingerprint density at radius 2 is 2.00 bits per heavy atom. The van der Waals surface area contributed by atoms with Gasteiger partial charge in [-0.3, -0.25) is 0 Å². The Labute approximate surface area is 117 Å². The van der Waals surface area contributed by atoms with Gasteiger partial charge in [-0.2, -0.15) is 0 Å². The summed E-state index contributed by atoms with van der Waals surface area (Å²) in [5.41, 5.74) is 1.82. The molecule has 0 aromatic carbocycles. The van der Waals surface area contributed by atoms with E-state index in [0.717, 1.165) is 29.9 Å². The molecule has 1 heterocycles. The second-order valence-corrected chi connectivity index (χ2v) is 4.21. The van der Waals surface area contributed by atoms with Crippen LogP contribution in [0.4, 0.5) is 8.78 Å². The highest BCUT2D eigenvalue weighted by molar-refractivity contribution is 5.79. The molecule has 0 fully saturated rings. The van der Waals surface area contributed by atoms with Crippen molar-refractivity contribution in [2.24, 2.45) is 4.99 Å². The molecule has 1 aromatic rings. The SMILES string of the molecule is CCNC(=NCc1c(CC)noc1CC)NCC(F)F. The standard InChI is InChI=1S/C13H22F2N4O/c1-4-10-9(11(5-2)20-19-10)7-17-13(16-6-3)18-8-12(14)15/h12H,4-8H2,1-3H3,(H2,16,17,18). The van der Waals surface area contributed by atoms with Gasteiger partial charge in [0.25, 0.3) is 6.43 Å². The summed E-state index contributed by atoms with van der Waals surface area (Å²) in [5, 5.41) is 9.52. The van der Waals surface area contributed by atoms with Gasteiger partial charge in [0.15, 0.2) is 5.96 Å². The molecule has 0 bridgehead atoms. The molecule has 1 rings (SSSR count). The molecule has 0 unspecified atom stereocenters. The number of nitrogens with zero attached hydrogens (tertiary/aromatic N) is 2. The van der Waals surface area contributed by atoms with E-state index in [4.69, 9.17) is 4.52 Å². The molecule has 114 valence electrons. The van der Waals surface area contributed by atoms with Gasteiger partial charge in [0.1, 0.15) is 5.76 Å². The van der Waals surface area contributed by atoms with Crippen LogP contribution in [0.3, 0.4) is 0 Å². The fraction of sp³-hybridized carbons (Fsp3) is 0.692. The Balaban J connectivity index is 2.77. The van der Waals surface area contributed by atoms with Crippen LogP contribution in [0.25, 0.3) is 0 Å². The van der Waals surface area contributed by atoms with Crippen LogP contribution in [0.2, 0.25) is 0 Å². The summed E-state index contributed by atoms with van der Waals surface area (Å²) >= 11 is 0. The first-order chi connectivity index (χ1) is 9.62. The fourth-order valence-electron chi connectivity index (χ4n) is 1.79. The third-order valence-corrected chi connectivity index (χ3v) is 2.77. The Morgan fingerprint density at radius 3 is 2.55 bits per heavy atom. The minimum Gasteiger partial charge on any atom is -0.361 e. The number of hydrogen-bond acceptors (Lipinski definition) is 3. The maximum Gasteiger partial charge on any atom is 0.255 e. The third-order valence-electron chi connectivity index (χ3n) is 2.77. The summed E-state index contributed by atoms with van der Waals surface area (Å²) in [5.74, 6) is 1.17. The topological polar surface area (TPSA) is 62.5 Å². The zero-order chi connectivity index (χ0) is 15.0. The lowest BCUT2D eigenvalue weighted by Crippen LogP contribution is -2.39. The minimum absolute atomic E-state index is 0.369. The minimum atomic E-state index is -2.41. The summed E-state index contributed by atoms with van der Waals surface area (Å²) in [7, 11) is 0. The molecule has 5 nitrogen and oxygen atoms in total. The predicted octanol–water partition coefficient (Wildman–Crippen LogP) is 2.12. The van der Waals surface area contributed by atoms with Gasteiger partial charge in [-0.15, -0.1) is 0 Å². The molecule has 0 aliphatic carbocycles. The Bertz CT molecular complexity index is 411. The molecule has 0 amide bonds.